The standard InChI is InChI=1S/C16H26N2O2S/c1-13-7-8-15(11-14(13)2)21(19,20)18-16(12-17)9-5-3-4-6-10-16/h7-8,11,18H,3-6,9-10,12,17H2,1-2H3. The van der Waals surface area contributed by atoms with E-state index in [2.05, 4.69) is 4.72 Å². The predicted molar refractivity (Wildman–Crippen MR) is 85.7 cm³/mol. The Morgan fingerprint density at radius 3 is 2.24 bits per heavy atom. The van der Waals surface area contributed by atoms with Crippen LogP contribution in [0.1, 0.15) is 49.7 Å². The molecule has 2 rings (SSSR count). The Bertz CT molecular complexity index is 588. The maximum Gasteiger partial charge on any atom is 0.241 e. The Balaban J connectivity index is 2.27. The number of aryl methyl sites for hydroxylation is 2. The Hall–Kier alpha value is -0.910. The van der Waals surface area contributed by atoms with Gasteiger partial charge < -0.3 is 5.73 Å². The quantitative estimate of drug-likeness (QED) is 0.840. The molecule has 4 nitrogen and oxygen atoms in total. The molecule has 118 valence electrons. The number of hydrogen-bond acceptors (Lipinski definition) is 3. The van der Waals surface area contributed by atoms with E-state index in [-0.39, 0.29) is 0 Å². The molecule has 3 N–H and O–H groups in total. The van der Waals surface area contributed by atoms with E-state index in [9.17, 15) is 8.42 Å². The van der Waals surface area contributed by atoms with Gasteiger partial charge in [-0.1, -0.05) is 31.7 Å². The number of sulfonamides is 1. The van der Waals surface area contributed by atoms with Crippen LogP contribution >= 0.6 is 0 Å². The first-order chi connectivity index (χ1) is 9.88. The number of nitrogens with two attached hydrogens (primary N) is 1. The van der Waals surface area contributed by atoms with Gasteiger partial charge in [0.25, 0.3) is 0 Å². The molecule has 21 heavy (non-hydrogen) atoms. The van der Waals surface area contributed by atoms with Crippen LogP contribution in [0.3, 0.4) is 0 Å². The van der Waals surface area contributed by atoms with Gasteiger partial charge in [-0.3, -0.25) is 0 Å². The molecule has 0 bridgehead atoms. The van der Waals surface area contributed by atoms with Crippen molar-refractivity contribution < 1.29 is 8.42 Å². The first kappa shape index (κ1) is 16.5. The lowest BCUT2D eigenvalue weighted by atomic mass is 9.92. The normalized spacial score (nSPS) is 19.2. The van der Waals surface area contributed by atoms with Crippen molar-refractivity contribution in [3.8, 4) is 0 Å². The van der Waals surface area contributed by atoms with Crippen molar-refractivity contribution in [1.29, 1.82) is 0 Å². The Labute approximate surface area is 128 Å². The second kappa shape index (κ2) is 6.46. The van der Waals surface area contributed by atoms with E-state index in [1.54, 1.807) is 12.1 Å². The van der Waals surface area contributed by atoms with Crippen molar-refractivity contribution in [3.63, 3.8) is 0 Å². The summed E-state index contributed by atoms with van der Waals surface area (Å²) in [5.41, 5.74) is 7.52. The summed E-state index contributed by atoms with van der Waals surface area (Å²) in [4.78, 5) is 0.336. The van der Waals surface area contributed by atoms with Crippen LogP contribution in [0.25, 0.3) is 0 Å². The van der Waals surface area contributed by atoms with E-state index < -0.39 is 15.6 Å². The fourth-order valence-corrected chi connectivity index (χ4v) is 4.53. The largest absolute Gasteiger partial charge is 0.329 e. The van der Waals surface area contributed by atoms with Crippen LogP contribution in [0.4, 0.5) is 0 Å². The van der Waals surface area contributed by atoms with E-state index in [1.807, 2.05) is 19.9 Å². The monoisotopic (exact) mass is 310 g/mol. The minimum absolute atomic E-state index is 0.336. The summed E-state index contributed by atoms with van der Waals surface area (Å²) in [6.45, 7) is 4.27. The molecule has 1 saturated carbocycles. The highest BCUT2D eigenvalue weighted by Gasteiger charge is 2.34. The fourth-order valence-electron chi connectivity index (χ4n) is 2.98. The zero-order valence-corrected chi connectivity index (χ0v) is 13.8. The van der Waals surface area contributed by atoms with E-state index in [4.69, 9.17) is 5.73 Å². The molecule has 0 atom stereocenters. The minimum Gasteiger partial charge on any atom is -0.329 e. The summed E-state index contributed by atoms with van der Waals surface area (Å²) in [7, 11) is -3.52. The van der Waals surface area contributed by atoms with Crippen molar-refractivity contribution >= 4 is 10.0 Å². The van der Waals surface area contributed by atoms with Crippen LogP contribution in [0.15, 0.2) is 23.1 Å². The van der Waals surface area contributed by atoms with Gasteiger partial charge in [-0.05, 0) is 49.9 Å². The zero-order chi connectivity index (χ0) is 15.5. The molecule has 0 saturated heterocycles. The molecule has 0 amide bonds. The van der Waals surface area contributed by atoms with Crippen LogP contribution in [-0.2, 0) is 10.0 Å². The van der Waals surface area contributed by atoms with Gasteiger partial charge in [0, 0.05) is 12.1 Å². The van der Waals surface area contributed by atoms with Crippen LogP contribution in [0, 0.1) is 13.8 Å². The molecule has 1 aliphatic carbocycles. The molecule has 0 spiro atoms. The SMILES string of the molecule is Cc1ccc(S(=O)(=O)NC2(CN)CCCCCC2)cc1C. The van der Waals surface area contributed by atoms with Gasteiger partial charge in [-0.15, -0.1) is 0 Å². The van der Waals surface area contributed by atoms with Crippen molar-refractivity contribution in [3.05, 3.63) is 29.3 Å². The van der Waals surface area contributed by atoms with Gasteiger partial charge in [0.2, 0.25) is 10.0 Å². The molecule has 0 radical (unpaired) electrons. The molecule has 1 aromatic carbocycles. The van der Waals surface area contributed by atoms with Gasteiger partial charge >= 0.3 is 0 Å². The molecule has 1 fully saturated rings. The number of nitrogens with one attached hydrogen (secondary N) is 1. The van der Waals surface area contributed by atoms with Crippen molar-refractivity contribution in [2.75, 3.05) is 6.54 Å². The molecule has 5 heteroatoms. The molecule has 0 unspecified atom stereocenters. The lowest BCUT2D eigenvalue weighted by molar-refractivity contribution is 0.342. The summed E-state index contributed by atoms with van der Waals surface area (Å²) in [5, 5.41) is 0. The fraction of sp³-hybridized carbons (Fsp3) is 0.625. The molecular formula is C16H26N2O2S. The second-order valence-corrected chi connectivity index (χ2v) is 7.93. The van der Waals surface area contributed by atoms with Crippen LogP contribution < -0.4 is 10.5 Å². The van der Waals surface area contributed by atoms with Crippen LogP contribution in [0.2, 0.25) is 0 Å². The molecule has 1 aliphatic rings. The highest BCUT2D eigenvalue weighted by molar-refractivity contribution is 7.89. The summed E-state index contributed by atoms with van der Waals surface area (Å²) in [6.07, 6.45) is 6.04. The van der Waals surface area contributed by atoms with Crippen LogP contribution in [-0.4, -0.2) is 20.5 Å². The second-order valence-electron chi connectivity index (χ2n) is 6.25. The van der Waals surface area contributed by atoms with E-state index in [1.165, 1.54) is 0 Å². The van der Waals surface area contributed by atoms with Gasteiger partial charge in [0.1, 0.15) is 0 Å². The minimum atomic E-state index is -3.52. The van der Waals surface area contributed by atoms with Gasteiger partial charge in [0.05, 0.1) is 4.90 Å². The zero-order valence-electron chi connectivity index (χ0n) is 13.0. The van der Waals surface area contributed by atoms with E-state index in [0.717, 1.165) is 49.7 Å². The first-order valence-electron chi connectivity index (χ1n) is 7.70. The van der Waals surface area contributed by atoms with Gasteiger partial charge in [0.15, 0.2) is 0 Å². The van der Waals surface area contributed by atoms with Gasteiger partial charge in [-0.2, -0.15) is 0 Å². The maximum atomic E-state index is 12.7. The summed E-state index contributed by atoms with van der Waals surface area (Å²) >= 11 is 0. The highest BCUT2D eigenvalue weighted by atomic mass is 32.2. The van der Waals surface area contributed by atoms with Crippen molar-refractivity contribution in [2.24, 2.45) is 5.73 Å². The first-order valence-corrected chi connectivity index (χ1v) is 9.18. The van der Waals surface area contributed by atoms with Crippen molar-refractivity contribution in [2.45, 2.75) is 62.8 Å². The predicted octanol–water partition coefficient (Wildman–Crippen LogP) is 2.63. The van der Waals surface area contributed by atoms with E-state index in [0.29, 0.717) is 11.4 Å². The average Bonchev–Trinajstić information content (AvgIpc) is 2.67. The molecule has 0 heterocycles. The Kier molecular flexibility index (Phi) is 5.07. The Morgan fingerprint density at radius 2 is 1.71 bits per heavy atom. The topological polar surface area (TPSA) is 72.2 Å². The lowest BCUT2D eigenvalue weighted by Gasteiger charge is -2.32. The number of rotatable bonds is 4. The smallest absolute Gasteiger partial charge is 0.241 e. The maximum absolute atomic E-state index is 12.7. The Morgan fingerprint density at radius 1 is 1.10 bits per heavy atom. The third-order valence-electron chi connectivity index (χ3n) is 4.59. The molecule has 0 aromatic heterocycles. The highest BCUT2D eigenvalue weighted by Crippen LogP contribution is 2.28. The third-order valence-corrected chi connectivity index (χ3v) is 6.17. The summed E-state index contributed by atoms with van der Waals surface area (Å²) < 4.78 is 28.3. The molecule has 1 aromatic rings. The lowest BCUT2D eigenvalue weighted by Crippen LogP contribution is -2.53. The third kappa shape index (κ3) is 3.84. The molecular weight excluding hydrogens is 284 g/mol. The van der Waals surface area contributed by atoms with Gasteiger partial charge in [-0.25, -0.2) is 13.1 Å². The van der Waals surface area contributed by atoms with E-state index >= 15 is 0 Å². The summed E-state index contributed by atoms with van der Waals surface area (Å²) in [6, 6.07) is 5.26. The average molecular weight is 310 g/mol. The summed E-state index contributed by atoms with van der Waals surface area (Å²) in [5.74, 6) is 0. The van der Waals surface area contributed by atoms with Crippen LogP contribution in [0.5, 0.6) is 0 Å². The molecule has 0 aliphatic heterocycles. The number of hydrogen-bond donors (Lipinski definition) is 2. The van der Waals surface area contributed by atoms with Crippen molar-refractivity contribution in [1.82, 2.24) is 4.72 Å². The number of benzene rings is 1.